The molecule has 0 radical (unpaired) electrons. The van der Waals surface area contributed by atoms with Gasteiger partial charge in [-0.15, -0.1) is 0 Å². The van der Waals surface area contributed by atoms with Crippen molar-refractivity contribution < 1.29 is 0 Å². The fourth-order valence-corrected chi connectivity index (χ4v) is 1.64. The Morgan fingerprint density at radius 3 is 2.65 bits per heavy atom. The van der Waals surface area contributed by atoms with E-state index in [9.17, 15) is 0 Å². The molecule has 0 aromatic carbocycles. The monoisotopic (exact) mass is 237 g/mol. The molecule has 17 heavy (non-hydrogen) atoms. The molecule has 0 saturated heterocycles. The van der Waals surface area contributed by atoms with Crippen molar-refractivity contribution in [3.05, 3.63) is 18.0 Å². The van der Waals surface area contributed by atoms with Crippen LogP contribution in [0.2, 0.25) is 0 Å². The predicted molar refractivity (Wildman–Crippen MR) is 72.8 cm³/mol. The van der Waals surface area contributed by atoms with Gasteiger partial charge in [0.1, 0.15) is 0 Å². The van der Waals surface area contributed by atoms with E-state index in [1.165, 1.54) is 5.69 Å². The van der Waals surface area contributed by atoms with Crippen LogP contribution in [0.3, 0.4) is 0 Å². The minimum absolute atomic E-state index is 0.370. The van der Waals surface area contributed by atoms with Crippen LogP contribution in [0.15, 0.2) is 12.3 Å². The van der Waals surface area contributed by atoms with E-state index >= 15 is 0 Å². The van der Waals surface area contributed by atoms with Crippen molar-refractivity contribution in [3.63, 3.8) is 0 Å². The minimum atomic E-state index is 0.370. The van der Waals surface area contributed by atoms with Gasteiger partial charge in [0.05, 0.1) is 5.69 Å². The lowest BCUT2D eigenvalue weighted by Gasteiger charge is -2.18. The average molecular weight is 237 g/mol. The molecule has 0 saturated carbocycles. The summed E-state index contributed by atoms with van der Waals surface area (Å²) in [5.41, 5.74) is 1.66. The van der Waals surface area contributed by atoms with Gasteiger partial charge in [0.2, 0.25) is 0 Å². The topological polar surface area (TPSA) is 29.9 Å². The van der Waals surface area contributed by atoms with Crippen LogP contribution in [0.25, 0.3) is 0 Å². The van der Waals surface area contributed by atoms with E-state index in [0.717, 1.165) is 26.1 Å². The smallest absolute Gasteiger partial charge is 0.0522 e. The molecule has 3 heteroatoms. The molecular weight excluding hydrogens is 210 g/mol. The van der Waals surface area contributed by atoms with E-state index < -0.39 is 0 Å². The quantitative estimate of drug-likeness (QED) is 0.824. The lowest BCUT2D eigenvalue weighted by molar-refractivity contribution is 0.336. The molecule has 0 aliphatic carbocycles. The molecule has 0 aliphatic heterocycles. The second-order valence-corrected chi connectivity index (χ2v) is 6.38. The molecule has 1 aromatic rings. The first-order chi connectivity index (χ1) is 7.88. The summed E-state index contributed by atoms with van der Waals surface area (Å²) in [5, 5.41) is 7.86. The van der Waals surface area contributed by atoms with Crippen molar-refractivity contribution in [1.82, 2.24) is 15.1 Å². The highest BCUT2D eigenvalue weighted by atomic mass is 15.3. The second-order valence-electron chi connectivity index (χ2n) is 6.38. The first kappa shape index (κ1) is 14.2. The van der Waals surface area contributed by atoms with Gasteiger partial charge >= 0.3 is 0 Å². The zero-order chi connectivity index (χ0) is 12.9. The Labute approximate surface area is 106 Å². The Morgan fingerprint density at radius 1 is 1.35 bits per heavy atom. The Hall–Kier alpha value is -0.830. The number of aromatic nitrogens is 2. The van der Waals surface area contributed by atoms with Crippen LogP contribution in [-0.4, -0.2) is 16.3 Å². The third-order valence-corrected chi connectivity index (χ3v) is 2.74. The van der Waals surface area contributed by atoms with Gasteiger partial charge in [-0.2, -0.15) is 5.10 Å². The average Bonchev–Trinajstić information content (AvgIpc) is 2.61. The summed E-state index contributed by atoms with van der Waals surface area (Å²) >= 11 is 0. The van der Waals surface area contributed by atoms with Crippen LogP contribution in [0.1, 0.15) is 46.7 Å². The van der Waals surface area contributed by atoms with Crippen molar-refractivity contribution >= 4 is 0 Å². The zero-order valence-corrected chi connectivity index (χ0v) is 12.0. The van der Waals surface area contributed by atoms with Crippen LogP contribution >= 0.6 is 0 Å². The molecule has 0 fully saturated rings. The van der Waals surface area contributed by atoms with E-state index in [2.05, 4.69) is 55.8 Å². The van der Waals surface area contributed by atoms with Gasteiger partial charge < -0.3 is 5.32 Å². The van der Waals surface area contributed by atoms with Crippen LogP contribution in [-0.2, 0) is 13.1 Å². The largest absolute Gasteiger partial charge is 0.311 e. The van der Waals surface area contributed by atoms with E-state index in [0.29, 0.717) is 11.3 Å². The first-order valence-corrected chi connectivity index (χ1v) is 6.60. The molecule has 1 N–H and O–H groups in total. The summed E-state index contributed by atoms with van der Waals surface area (Å²) in [6.45, 7) is 14.3. The molecule has 3 nitrogen and oxygen atoms in total. The summed E-state index contributed by atoms with van der Waals surface area (Å²) in [6.07, 6.45) is 3.06. The van der Waals surface area contributed by atoms with E-state index in [4.69, 9.17) is 0 Å². The maximum absolute atomic E-state index is 4.39. The molecule has 1 aromatic heterocycles. The van der Waals surface area contributed by atoms with Gasteiger partial charge in [0.25, 0.3) is 0 Å². The molecule has 0 amide bonds. The molecule has 0 spiro atoms. The Bertz CT molecular complexity index is 320. The van der Waals surface area contributed by atoms with E-state index in [1.807, 2.05) is 6.20 Å². The zero-order valence-electron chi connectivity index (χ0n) is 12.0. The predicted octanol–water partition coefficient (Wildman–Crippen LogP) is 3.06. The normalized spacial score (nSPS) is 12.4. The molecule has 1 rings (SSSR count). The van der Waals surface area contributed by atoms with Crippen molar-refractivity contribution in [3.8, 4) is 0 Å². The summed E-state index contributed by atoms with van der Waals surface area (Å²) in [6, 6.07) is 2.11. The van der Waals surface area contributed by atoms with Gasteiger partial charge in [0.15, 0.2) is 0 Å². The van der Waals surface area contributed by atoms with Crippen molar-refractivity contribution in [2.45, 2.75) is 54.1 Å². The highest BCUT2D eigenvalue weighted by Gasteiger charge is 2.11. The first-order valence-electron chi connectivity index (χ1n) is 6.60. The van der Waals surface area contributed by atoms with Crippen LogP contribution in [0.4, 0.5) is 0 Å². The lowest BCUT2D eigenvalue weighted by Crippen LogP contribution is -2.22. The van der Waals surface area contributed by atoms with Gasteiger partial charge in [0, 0.05) is 19.3 Å². The third kappa shape index (κ3) is 5.87. The molecule has 0 unspecified atom stereocenters. The van der Waals surface area contributed by atoms with Gasteiger partial charge in [-0.25, -0.2) is 0 Å². The number of aryl methyl sites for hydroxylation is 1. The Morgan fingerprint density at radius 2 is 2.06 bits per heavy atom. The number of hydrogen-bond donors (Lipinski definition) is 1. The second kappa shape index (κ2) is 6.20. The molecule has 98 valence electrons. The maximum atomic E-state index is 4.39. The standard InChI is InChI=1S/C14H27N3/c1-12(2)10-15-11-13-6-8-16-17(13)9-7-14(3,4)5/h6,8,12,15H,7,9-11H2,1-5H3. The van der Waals surface area contributed by atoms with Crippen molar-refractivity contribution in [2.24, 2.45) is 11.3 Å². The van der Waals surface area contributed by atoms with Gasteiger partial charge in [-0.3, -0.25) is 4.68 Å². The Kier molecular flexibility index (Phi) is 5.19. The minimum Gasteiger partial charge on any atom is -0.311 e. The SMILES string of the molecule is CC(C)CNCc1ccnn1CCC(C)(C)C. The van der Waals surface area contributed by atoms with E-state index in [-0.39, 0.29) is 0 Å². The van der Waals surface area contributed by atoms with Crippen molar-refractivity contribution in [1.29, 1.82) is 0 Å². The summed E-state index contributed by atoms with van der Waals surface area (Å²) in [5.74, 6) is 0.695. The number of hydrogen-bond acceptors (Lipinski definition) is 2. The Balaban J connectivity index is 2.43. The summed E-state index contributed by atoms with van der Waals surface area (Å²) in [4.78, 5) is 0. The lowest BCUT2D eigenvalue weighted by atomic mass is 9.92. The van der Waals surface area contributed by atoms with Crippen LogP contribution < -0.4 is 5.32 Å². The molecule has 0 bridgehead atoms. The maximum Gasteiger partial charge on any atom is 0.0522 e. The third-order valence-electron chi connectivity index (χ3n) is 2.74. The number of nitrogens with zero attached hydrogens (tertiary/aromatic N) is 2. The molecular formula is C14H27N3. The van der Waals surface area contributed by atoms with Crippen LogP contribution in [0.5, 0.6) is 0 Å². The van der Waals surface area contributed by atoms with E-state index in [1.54, 1.807) is 0 Å². The van der Waals surface area contributed by atoms with Gasteiger partial charge in [-0.05, 0) is 30.4 Å². The van der Waals surface area contributed by atoms with Crippen LogP contribution in [0, 0.1) is 11.3 Å². The number of rotatable bonds is 6. The molecule has 1 heterocycles. The fourth-order valence-electron chi connectivity index (χ4n) is 1.64. The fraction of sp³-hybridized carbons (Fsp3) is 0.786. The summed E-state index contributed by atoms with van der Waals surface area (Å²) in [7, 11) is 0. The molecule has 0 atom stereocenters. The molecule has 0 aliphatic rings. The number of nitrogens with one attached hydrogen (secondary N) is 1. The summed E-state index contributed by atoms with van der Waals surface area (Å²) < 4.78 is 2.12. The van der Waals surface area contributed by atoms with Gasteiger partial charge in [-0.1, -0.05) is 34.6 Å². The highest BCUT2D eigenvalue weighted by Crippen LogP contribution is 2.19. The highest BCUT2D eigenvalue weighted by molar-refractivity contribution is 5.00. The van der Waals surface area contributed by atoms with Crippen molar-refractivity contribution in [2.75, 3.05) is 6.54 Å².